The highest BCUT2D eigenvalue weighted by atomic mass is 16.6. The van der Waals surface area contributed by atoms with Gasteiger partial charge in [-0.25, -0.2) is 0 Å². The SMILES string of the molecule is O=C(CC1CNC1)c1ccc2c(c1)OCCO2. The fourth-order valence-corrected chi connectivity index (χ4v) is 2.09. The van der Waals surface area contributed by atoms with Gasteiger partial charge in [-0.3, -0.25) is 4.79 Å². The summed E-state index contributed by atoms with van der Waals surface area (Å²) in [5.74, 6) is 2.11. The molecule has 4 heteroatoms. The second-order valence-electron chi connectivity index (χ2n) is 4.51. The molecule has 0 radical (unpaired) electrons. The largest absolute Gasteiger partial charge is 0.486 e. The van der Waals surface area contributed by atoms with Crippen molar-refractivity contribution in [1.29, 1.82) is 0 Å². The van der Waals surface area contributed by atoms with Crippen LogP contribution in [0.5, 0.6) is 11.5 Å². The first-order chi connectivity index (χ1) is 8.33. The quantitative estimate of drug-likeness (QED) is 0.798. The van der Waals surface area contributed by atoms with Crippen molar-refractivity contribution < 1.29 is 14.3 Å². The van der Waals surface area contributed by atoms with E-state index in [-0.39, 0.29) is 5.78 Å². The molecule has 0 spiro atoms. The zero-order chi connectivity index (χ0) is 11.7. The Hall–Kier alpha value is -1.55. The minimum absolute atomic E-state index is 0.188. The first-order valence-corrected chi connectivity index (χ1v) is 5.96. The minimum atomic E-state index is 0.188. The van der Waals surface area contributed by atoms with E-state index in [0.29, 0.717) is 31.3 Å². The molecule has 2 aliphatic heterocycles. The van der Waals surface area contributed by atoms with Crippen molar-refractivity contribution in [2.24, 2.45) is 5.92 Å². The Morgan fingerprint density at radius 1 is 1.24 bits per heavy atom. The van der Waals surface area contributed by atoms with Crippen molar-refractivity contribution in [3.05, 3.63) is 23.8 Å². The van der Waals surface area contributed by atoms with Crippen molar-refractivity contribution in [3.8, 4) is 11.5 Å². The van der Waals surface area contributed by atoms with Gasteiger partial charge in [0.2, 0.25) is 0 Å². The molecule has 0 saturated carbocycles. The number of ether oxygens (including phenoxy) is 2. The van der Waals surface area contributed by atoms with Crippen LogP contribution in [0.2, 0.25) is 0 Å². The first-order valence-electron chi connectivity index (χ1n) is 5.96. The van der Waals surface area contributed by atoms with Crippen LogP contribution in [0.15, 0.2) is 18.2 Å². The molecule has 0 amide bonds. The predicted molar refractivity (Wildman–Crippen MR) is 62.7 cm³/mol. The van der Waals surface area contributed by atoms with Crippen LogP contribution in [0.3, 0.4) is 0 Å². The number of ketones is 1. The molecule has 0 aromatic heterocycles. The third-order valence-electron chi connectivity index (χ3n) is 3.20. The summed E-state index contributed by atoms with van der Waals surface area (Å²) in [5.41, 5.74) is 0.723. The molecule has 0 unspecified atom stereocenters. The molecule has 0 bridgehead atoms. The topological polar surface area (TPSA) is 47.6 Å². The summed E-state index contributed by atoms with van der Waals surface area (Å²) in [6.45, 7) is 3.04. The Bertz CT molecular complexity index is 440. The molecule has 0 aliphatic carbocycles. The van der Waals surface area contributed by atoms with Crippen LogP contribution in [0.4, 0.5) is 0 Å². The highest BCUT2D eigenvalue weighted by Crippen LogP contribution is 2.31. The van der Waals surface area contributed by atoms with Gasteiger partial charge in [-0.2, -0.15) is 0 Å². The third kappa shape index (κ3) is 2.13. The van der Waals surface area contributed by atoms with Crippen LogP contribution >= 0.6 is 0 Å². The maximum absolute atomic E-state index is 12.0. The molecule has 1 N–H and O–H groups in total. The summed E-state index contributed by atoms with van der Waals surface area (Å²) in [4.78, 5) is 12.0. The number of benzene rings is 1. The smallest absolute Gasteiger partial charge is 0.163 e. The van der Waals surface area contributed by atoms with E-state index in [0.717, 1.165) is 24.4 Å². The molecule has 2 heterocycles. The zero-order valence-corrected chi connectivity index (χ0v) is 9.57. The lowest BCUT2D eigenvalue weighted by molar-refractivity contribution is 0.0944. The van der Waals surface area contributed by atoms with E-state index >= 15 is 0 Å². The fraction of sp³-hybridized carbons (Fsp3) is 0.462. The first kappa shape index (κ1) is 10.6. The summed E-state index contributed by atoms with van der Waals surface area (Å²) in [6, 6.07) is 5.44. The molecule has 17 heavy (non-hydrogen) atoms. The Balaban J connectivity index is 1.75. The second kappa shape index (κ2) is 4.37. The van der Waals surface area contributed by atoms with Gasteiger partial charge in [-0.15, -0.1) is 0 Å². The van der Waals surface area contributed by atoms with E-state index in [2.05, 4.69) is 5.32 Å². The van der Waals surface area contributed by atoms with Crippen molar-refractivity contribution in [2.45, 2.75) is 6.42 Å². The van der Waals surface area contributed by atoms with Crippen LogP contribution in [-0.4, -0.2) is 32.1 Å². The Labute approximate surface area is 99.9 Å². The average Bonchev–Trinajstić information content (AvgIpc) is 2.33. The number of rotatable bonds is 3. The van der Waals surface area contributed by atoms with Gasteiger partial charge >= 0.3 is 0 Å². The van der Waals surface area contributed by atoms with Crippen LogP contribution in [0, 0.1) is 5.92 Å². The Kier molecular flexibility index (Phi) is 2.73. The Morgan fingerprint density at radius 2 is 2.00 bits per heavy atom. The lowest BCUT2D eigenvalue weighted by Crippen LogP contribution is -2.42. The fourth-order valence-electron chi connectivity index (χ4n) is 2.09. The van der Waals surface area contributed by atoms with E-state index < -0.39 is 0 Å². The molecule has 1 aromatic rings. The molecule has 90 valence electrons. The summed E-state index contributed by atoms with van der Waals surface area (Å²) < 4.78 is 10.9. The van der Waals surface area contributed by atoms with E-state index in [9.17, 15) is 4.79 Å². The van der Waals surface area contributed by atoms with Crippen molar-refractivity contribution in [2.75, 3.05) is 26.3 Å². The van der Waals surface area contributed by atoms with Gasteiger partial charge in [-0.05, 0) is 37.2 Å². The summed E-state index contributed by atoms with van der Waals surface area (Å²) in [5, 5.41) is 3.17. The van der Waals surface area contributed by atoms with Crippen LogP contribution < -0.4 is 14.8 Å². The van der Waals surface area contributed by atoms with E-state index in [1.54, 1.807) is 6.07 Å². The van der Waals surface area contributed by atoms with Gasteiger partial charge in [0, 0.05) is 12.0 Å². The minimum Gasteiger partial charge on any atom is -0.486 e. The maximum atomic E-state index is 12.0. The molecule has 1 fully saturated rings. The molecule has 2 aliphatic rings. The monoisotopic (exact) mass is 233 g/mol. The number of carbonyl (C=O) groups is 1. The number of Topliss-reactive ketones (excluding diaryl/α,β-unsaturated/α-hetero) is 1. The molecular weight excluding hydrogens is 218 g/mol. The molecule has 3 rings (SSSR count). The number of hydrogen-bond donors (Lipinski definition) is 1. The third-order valence-corrected chi connectivity index (χ3v) is 3.20. The molecule has 0 atom stereocenters. The van der Waals surface area contributed by atoms with Gasteiger partial charge < -0.3 is 14.8 Å². The lowest BCUT2D eigenvalue weighted by Gasteiger charge is -2.26. The normalized spacial score (nSPS) is 18.6. The molecule has 4 nitrogen and oxygen atoms in total. The lowest BCUT2D eigenvalue weighted by atomic mass is 9.94. The average molecular weight is 233 g/mol. The van der Waals surface area contributed by atoms with Crippen molar-refractivity contribution >= 4 is 5.78 Å². The second-order valence-corrected chi connectivity index (χ2v) is 4.51. The van der Waals surface area contributed by atoms with Crippen LogP contribution in [0.25, 0.3) is 0 Å². The van der Waals surface area contributed by atoms with Gasteiger partial charge in [0.1, 0.15) is 13.2 Å². The van der Waals surface area contributed by atoms with Crippen molar-refractivity contribution in [1.82, 2.24) is 5.32 Å². The molecule has 1 aromatic carbocycles. The number of fused-ring (bicyclic) bond motifs is 1. The van der Waals surface area contributed by atoms with E-state index in [1.807, 2.05) is 12.1 Å². The summed E-state index contributed by atoms with van der Waals surface area (Å²) >= 11 is 0. The van der Waals surface area contributed by atoms with Crippen LogP contribution in [-0.2, 0) is 0 Å². The standard InChI is InChI=1S/C13H15NO3/c15-11(5-9-7-14-8-9)10-1-2-12-13(6-10)17-4-3-16-12/h1-2,6,9,14H,3-5,7-8H2. The number of nitrogens with one attached hydrogen (secondary N) is 1. The van der Waals surface area contributed by atoms with Gasteiger partial charge in [-0.1, -0.05) is 0 Å². The van der Waals surface area contributed by atoms with Gasteiger partial charge in [0.25, 0.3) is 0 Å². The summed E-state index contributed by atoms with van der Waals surface area (Å²) in [7, 11) is 0. The van der Waals surface area contributed by atoms with E-state index in [4.69, 9.17) is 9.47 Å². The highest BCUT2D eigenvalue weighted by Gasteiger charge is 2.22. The molecule has 1 saturated heterocycles. The maximum Gasteiger partial charge on any atom is 0.163 e. The van der Waals surface area contributed by atoms with Crippen molar-refractivity contribution in [3.63, 3.8) is 0 Å². The highest BCUT2D eigenvalue weighted by molar-refractivity contribution is 5.97. The summed E-state index contributed by atoms with van der Waals surface area (Å²) in [6.07, 6.45) is 0.618. The zero-order valence-electron chi connectivity index (χ0n) is 9.57. The van der Waals surface area contributed by atoms with Gasteiger partial charge in [0.05, 0.1) is 0 Å². The number of carbonyl (C=O) groups excluding carboxylic acids is 1. The van der Waals surface area contributed by atoms with E-state index in [1.165, 1.54) is 0 Å². The van der Waals surface area contributed by atoms with Crippen LogP contribution in [0.1, 0.15) is 16.8 Å². The predicted octanol–water partition coefficient (Wildman–Crippen LogP) is 1.25. The Morgan fingerprint density at radius 3 is 2.71 bits per heavy atom. The molecular formula is C13H15NO3. The van der Waals surface area contributed by atoms with Gasteiger partial charge in [0.15, 0.2) is 17.3 Å². The number of hydrogen-bond acceptors (Lipinski definition) is 4.